The second kappa shape index (κ2) is 9.95. The van der Waals surface area contributed by atoms with Gasteiger partial charge in [0.2, 0.25) is 0 Å². The molecule has 7 nitrogen and oxygen atoms in total. The molecular formula is C25H25N3O4S. The number of aromatic nitrogens is 3. The Balaban J connectivity index is 1.71. The maximum absolute atomic E-state index is 13.1. The van der Waals surface area contributed by atoms with Gasteiger partial charge in [-0.15, -0.1) is 0 Å². The zero-order chi connectivity index (χ0) is 23.4. The number of methoxy groups -OCH3 is 1. The van der Waals surface area contributed by atoms with Gasteiger partial charge in [-0.05, 0) is 43.2 Å². The van der Waals surface area contributed by atoms with E-state index in [9.17, 15) is 9.59 Å². The number of nitrogens with one attached hydrogen (secondary N) is 1. The van der Waals surface area contributed by atoms with E-state index in [2.05, 4.69) is 10.1 Å². The molecule has 1 atom stereocenters. The molecule has 8 heteroatoms. The molecule has 0 spiro atoms. The van der Waals surface area contributed by atoms with Gasteiger partial charge in [0.15, 0.2) is 5.65 Å². The summed E-state index contributed by atoms with van der Waals surface area (Å²) < 4.78 is 12.1. The number of rotatable bonds is 8. The van der Waals surface area contributed by atoms with Crippen LogP contribution < -0.4 is 10.3 Å². The summed E-state index contributed by atoms with van der Waals surface area (Å²) >= 11 is 1.62. The summed E-state index contributed by atoms with van der Waals surface area (Å²) in [4.78, 5) is 32.0. The summed E-state index contributed by atoms with van der Waals surface area (Å²) in [6.07, 6.45) is 3.67. The molecule has 0 aliphatic heterocycles. The Morgan fingerprint density at radius 3 is 2.67 bits per heavy atom. The number of nitrogens with zero attached hydrogens (tertiary/aromatic N) is 2. The van der Waals surface area contributed by atoms with Crippen molar-refractivity contribution in [3.8, 4) is 16.9 Å². The van der Waals surface area contributed by atoms with Gasteiger partial charge in [-0.3, -0.25) is 14.7 Å². The maximum atomic E-state index is 13.1. The lowest BCUT2D eigenvalue weighted by atomic mass is 9.99. The summed E-state index contributed by atoms with van der Waals surface area (Å²) in [7, 11) is 1.64. The number of hydrogen-bond donors (Lipinski definition) is 1. The first-order valence-corrected chi connectivity index (χ1v) is 11.6. The smallest absolute Gasteiger partial charge is 0.313 e. The van der Waals surface area contributed by atoms with E-state index in [4.69, 9.17) is 9.47 Å². The fourth-order valence-electron chi connectivity index (χ4n) is 3.72. The molecular weight excluding hydrogens is 438 g/mol. The number of esters is 1. The van der Waals surface area contributed by atoms with Crippen molar-refractivity contribution in [1.29, 1.82) is 0 Å². The van der Waals surface area contributed by atoms with Gasteiger partial charge in [0.25, 0.3) is 5.56 Å². The van der Waals surface area contributed by atoms with Gasteiger partial charge in [-0.25, -0.2) is 9.50 Å². The molecule has 2 heterocycles. The highest BCUT2D eigenvalue weighted by atomic mass is 32.2. The van der Waals surface area contributed by atoms with Crippen LogP contribution in [0, 0.1) is 0 Å². The lowest BCUT2D eigenvalue weighted by molar-refractivity contribution is -0.145. The first kappa shape index (κ1) is 22.7. The van der Waals surface area contributed by atoms with Crippen LogP contribution in [0.1, 0.15) is 31.7 Å². The van der Waals surface area contributed by atoms with Crippen molar-refractivity contribution < 1.29 is 14.3 Å². The predicted molar refractivity (Wildman–Crippen MR) is 128 cm³/mol. The van der Waals surface area contributed by atoms with Crippen LogP contribution in [0.2, 0.25) is 0 Å². The van der Waals surface area contributed by atoms with Crippen LogP contribution >= 0.6 is 11.8 Å². The van der Waals surface area contributed by atoms with Crippen molar-refractivity contribution in [3.05, 3.63) is 76.8 Å². The molecule has 4 rings (SSSR count). The van der Waals surface area contributed by atoms with Crippen LogP contribution in [-0.4, -0.2) is 34.3 Å². The Labute approximate surface area is 195 Å². The van der Waals surface area contributed by atoms with E-state index >= 15 is 0 Å². The van der Waals surface area contributed by atoms with E-state index in [1.807, 2.05) is 55.5 Å². The zero-order valence-corrected chi connectivity index (χ0v) is 19.5. The molecule has 0 fully saturated rings. The lowest BCUT2D eigenvalue weighted by Gasteiger charge is -2.13. The number of carbonyl (C=O) groups excluding carboxylic acids is 1. The van der Waals surface area contributed by atoms with Crippen molar-refractivity contribution in [2.45, 2.75) is 36.0 Å². The van der Waals surface area contributed by atoms with E-state index in [0.29, 0.717) is 17.6 Å². The molecule has 0 aliphatic carbocycles. The third kappa shape index (κ3) is 4.52. The topological polar surface area (TPSA) is 85.7 Å². The van der Waals surface area contributed by atoms with E-state index in [0.717, 1.165) is 26.7 Å². The van der Waals surface area contributed by atoms with Gasteiger partial charge in [0.1, 0.15) is 5.75 Å². The lowest BCUT2D eigenvalue weighted by Crippen LogP contribution is -2.26. The maximum Gasteiger partial charge on any atom is 0.313 e. The van der Waals surface area contributed by atoms with Crippen molar-refractivity contribution >= 4 is 23.4 Å². The summed E-state index contributed by atoms with van der Waals surface area (Å²) in [6.45, 7) is 3.85. The number of aromatic amines is 1. The fraction of sp³-hybridized carbons (Fsp3) is 0.240. The van der Waals surface area contributed by atoms with Gasteiger partial charge >= 0.3 is 5.97 Å². The van der Waals surface area contributed by atoms with E-state index < -0.39 is 11.9 Å². The molecule has 0 aliphatic rings. The summed E-state index contributed by atoms with van der Waals surface area (Å²) in [5.74, 6) is -0.335. The highest BCUT2D eigenvalue weighted by Gasteiger charge is 2.25. The Bertz CT molecular complexity index is 1330. The van der Waals surface area contributed by atoms with Gasteiger partial charge in [0, 0.05) is 22.9 Å². The molecule has 170 valence electrons. The van der Waals surface area contributed by atoms with Crippen LogP contribution in [0.4, 0.5) is 0 Å². The van der Waals surface area contributed by atoms with Crippen LogP contribution in [0.15, 0.2) is 75.5 Å². The third-order valence-electron chi connectivity index (χ3n) is 5.37. The SMILES string of the molecule is CCOC(=O)C(CC)c1cnc2c(-c3ccc(Sc4ccccc4)c(OC)c3)c[nH]n2c1=O. The summed E-state index contributed by atoms with van der Waals surface area (Å²) in [5, 5.41) is 2.98. The first-order chi connectivity index (χ1) is 16.1. The summed E-state index contributed by atoms with van der Waals surface area (Å²) in [6, 6.07) is 16.0. The standard InChI is InChI=1S/C25H25N3O4S/c1-4-18(25(30)32-5-2)20-14-26-23-19(15-27-28(23)24(20)29)16-11-12-22(21(13-16)31-3)33-17-9-7-6-8-10-17/h6-15,18,27H,4-5H2,1-3H3. The number of hydrogen-bond acceptors (Lipinski definition) is 6. The largest absolute Gasteiger partial charge is 0.496 e. The van der Waals surface area contributed by atoms with Crippen molar-refractivity contribution in [3.63, 3.8) is 0 Å². The molecule has 0 amide bonds. The Morgan fingerprint density at radius 1 is 1.18 bits per heavy atom. The molecule has 2 aromatic carbocycles. The van der Waals surface area contributed by atoms with Gasteiger partial charge in [-0.1, -0.05) is 43.0 Å². The molecule has 4 aromatic rings. The predicted octanol–water partition coefficient (Wildman–Crippen LogP) is 4.91. The number of ether oxygens (including phenoxy) is 2. The number of fused-ring (bicyclic) bond motifs is 1. The van der Waals surface area contributed by atoms with E-state index in [1.54, 1.807) is 32.0 Å². The highest BCUT2D eigenvalue weighted by Crippen LogP contribution is 2.38. The summed E-state index contributed by atoms with van der Waals surface area (Å²) in [5.41, 5.74) is 2.11. The van der Waals surface area contributed by atoms with Crippen LogP contribution in [0.25, 0.3) is 16.8 Å². The molecule has 1 unspecified atom stereocenters. The van der Waals surface area contributed by atoms with Crippen molar-refractivity contribution in [1.82, 2.24) is 14.6 Å². The molecule has 0 saturated carbocycles. The molecule has 1 N–H and O–H groups in total. The minimum atomic E-state index is -0.650. The quantitative estimate of drug-likeness (QED) is 0.374. The second-order valence-electron chi connectivity index (χ2n) is 7.36. The minimum absolute atomic E-state index is 0.263. The highest BCUT2D eigenvalue weighted by molar-refractivity contribution is 7.99. The monoisotopic (exact) mass is 463 g/mol. The second-order valence-corrected chi connectivity index (χ2v) is 8.47. The minimum Gasteiger partial charge on any atom is -0.496 e. The van der Waals surface area contributed by atoms with Gasteiger partial charge in [-0.2, -0.15) is 0 Å². The molecule has 0 saturated heterocycles. The zero-order valence-electron chi connectivity index (χ0n) is 18.7. The molecule has 33 heavy (non-hydrogen) atoms. The van der Waals surface area contributed by atoms with Crippen LogP contribution in [-0.2, 0) is 9.53 Å². The Kier molecular flexibility index (Phi) is 6.84. The molecule has 0 radical (unpaired) electrons. The Hall–Kier alpha value is -3.52. The van der Waals surface area contributed by atoms with Gasteiger partial charge < -0.3 is 9.47 Å². The van der Waals surface area contributed by atoms with E-state index in [1.165, 1.54) is 10.7 Å². The van der Waals surface area contributed by atoms with Crippen molar-refractivity contribution in [2.75, 3.05) is 13.7 Å². The van der Waals surface area contributed by atoms with Crippen molar-refractivity contribution in [2.24, 2.45) is 0 Å². The molecule has 2 aromatic heterocycles. The first-order valence-electron chi connectivity index (χ1n) is 10.7. The number of benzene rings is 2. The number of carbonyl (C=O) groups is 1. The van der Waals surface area contributed by atoms with E-state index in [-0.39, 0.29) is 12.2 Å². The van der Waals surface area contributed by atoms with Crippen LogP contribution in [0.5, 0.6) is 5.75 Å². The Morgan fingerprint density at radius 2 is 1.97 bits per heavy atom. The average Bonchev–Trinajstić information content (AvgIpc) is 3.27. The normalized spacial score (nSPS) is 12.0. The molecule has 0 bridgehead atoms. The average molecular weight is 464 g/mol. The fourth-order valence-corrected chi connectivity index (χ4v) is 4.64. The van der Waals surface area contributed by atoms with Gasteiger partial charge in [0.05, 0.1) is 30.1 Å². The third-order valence-corrected chi connectivity index (χ3v) is 6.43. The number of H-pyrrole nitrogens is 1. The van der Waals surface area contributed by atoms with Crippen LogP contribution in [0.3, 0.4) is 0 Å².